The van der Waals surface area contributed by atoms with Crippen LogP contribution in [0.25, 0.3) is 0 Å². The minimum Gasteiger partial charge on any atom is -0.343 e. The van der Waals surface area contributed by atoms with Crippen LogP contribution < -0.4 is 0 Å². The quantitative estimate of drug-likeness (QED) is 0.704. The molecule has 3 rings (SSSR count). The van der Waals surface area contributed by atoms with Crippen molar-refractivity contribution >= 4 is 21.7 Å². The highest BCUT2D eigenvalue weighted by atomic mass is 32.2. The number of benzene rings is 1. The smallest absolute Gasteiger partial charge is 0.243 e. The largest absolute Gasteiger partial charge is 0.343 e. The lowest BCUT2D eigenvalue weighted by atomic mass is 9.91. The van der Waals surface area contributed by atoms with Crippen molar-refractivity contribution in [2.45, 2.75) is 62.8 Å². The zero-order valence-corrected chi connectivity index (χ0v) is 17.6. The van der Waals surface area contributed by atoms with Crippen molar-refractivity contribution in [1.29, 1.82) is 0 Å². The van der Waals surface area contributed by atoms with E-state index in [4.69, 9.17) is 0 Å². The molecule has 1 aliphatic heterocycles. The molecule has 0 radical (unpaired) electrons. The molecule has 154 valence electrons. The Labute approximate surface area is 167 Å². The Morgan fingerprint density at radius 3 is 2.07 bits per heavy atom. The van der Waals surface area contributed by atoms with Gasteiger partial charge >= 0.3 is 0 Å². The third-order valence-corrected chi connectivity index (χ3v) is 8.08. The van der Waals surface area contributed by atoms with Crippen molar-refractivity contribution in [2.24, 2.45) is 5.92 Å². The fraction of sp³-hybridized carbons (Fsp3) is 0.619. The van der Waals surface area contributed by atoms with E-state index in [9.17, 15) is 18.0 Å². The number of Topliss-reactive ketones (excluding diaryl/α,β-unsaturated/α-hetero) is 1. The molecule has 1 saturated heterocycles. The van der Waals surface area contributed by atoms with Crippen LogP contribution in [0.15, 0.2) is 29.2 Å². The minimum absolute atomic E-state index is 0.0923. The van der Waals surface area contributed by atoms with Crippen LogP contribution in [0.2, 0.25) is 0 Å². The Hall–Kier alpha value is -1.73. The monoisotopic (exact) mass is 406 g/mol. The van der Waals surface area contributed by atoms with Crippen molar-refractivity contribution in [3.05, 3.63) is 29.8 Å². The summed E-state index contributed by atoms with van der Waals surface area (Å²) in [6.45, 7) is 2.16. The van der Waals surface area contributed by atoms with Crippen molar-refractivity contribution in [3.63, 3.8) is 0 Å². The van der Waals surface area contributed by atoms with Gasteiger partial charge in [0.05, 0.1) is 4.90 Å². The average molecular weight is 407 g/mol. The van der Waals surface area contributed by atoms with Gasteiger partial charge in [0, 0.05) is 37.7 Å². The Morgan fingerprint density at radius 2 is 1.54 bits per heavy atom. The maximum atomic E-state index is 12.9. The number of carbonyl (C=O) groups excluding carboxylic acids is 2. The number of ketones is 1. The molecule has 0 atom stereocenters. The molecular weight excluding hydrogens is 376 g/mol. The van der Waals surface area contributed by atoms with Gasteiger partial charge < -0.3 is 4.90 Å². The summed E-state index contributed by atoms with van der Waals surface area (Å²) >= 11 is 0. The van der Waals surface area contributed by atoms with Crippen molar-refractivity contribution in [1.82, 2.24) is 9.21 Å². The standard InChI is InChI=1S/C21H30N2O4S/c1-16(24)17-8-10-20(11-9-17)28(26,27)23-14-12-18(13-15-23)21(25)22(2)19-6-4-3-5-7-19/h8-11,18-19H,3-7,12-15H2,1-2H3. The van der Waals surface area contributed by atoms with Gasteiger partial charge in [-0.15, -0.1) is 0 Å². The second-order valence-electron chi connectivity index (χ2n) is 8.00. The van der Waals surface area contributed by atoms with Crippen LogP contribution >= 0.6 is 0 Å². The van der Waals surface area contributed by atoms with E-state index in [1.807, 2.05) is 11.9 Å². The van der Waals surface area contributed by atoms with Gasteiger partial charge in [0.15, 0.2) is 5.78 Å². The highest BCUT2D eigenvalue weighted by Crippen LogP contribution is 2.28. The summed E-state index contributed by atoms with van der Waals surface area (Å²) in [5.41, 5.74) is 0.494. The van der Waals surface area contributed by atoms with Crippen molar-refractivity contribution in [3.8, 4) is 0 Å². The number of carbonyl (C=O) groups is 2. The van der Waals surface area contributed by atoms with Crippen LogP contribution in [0.1, 0.15) is 62.2 Å². The molecule has 1 saturated carbocycles. The van der Waals surface area contributed by atoms with Crippen LogP contribution in [0.5, 0.6) is 0 Å². The molecule has 2 aliphatic rings. The third kappa shape index (κ3) is 4.46. The lowest BCUT2D eigenvalue weighted by molar-refractivity contribution is -0.138. The first-order valence-corrected chi connectivity index (χ1v) is 11.6. The number of hydrogen-bond acceptors (Lipinski definition) is 4. The second-order valence-corrected chi connectivity index (χ2v) is 9.94. The molecule has 28 heavy (non-hydrogen) atoms. The molecule has 0 N–H and O–H groups in total. The Bertz CT molecular complexity index is 805. The van der Waals surface area contributed by atoms with E-state index >= 15 is 0 Å². The lowest BCUT2D eigenvalue weighted by Crippen LogP contribution is -2.46. The summed E-state index contributed by atoms with van der Waals surface area (Å²) < 4.78 is 27.2. The predicted octanol–water partition coefficient (Wildman–Crippen LogP) is 3.08. The predicted molar refractivity (Wildman–Crippen MR) is 108 cm³/mol. The van der Waals surface area contributed by atoms with Crippen molar-refractivity contribution < 1.29 is 18.0 Å². The van der Waals surface area contributed by atoms with Gasteiger partial charge in [0.25, 0.3) is 0 Å². The molecule has 0 spiro atoms. The Kier molecular flexibility index (Phi) is 6.55. The van der Waals surface area contributed by atoms with Crippen LogP contribution in [0, 0.1) is 5.92 Å². The maximum Gasteiger partial charge on any atom is 0.243 e. The minimum atomic E-state index is -3.60. The number of piperidine rings is 1. The van der Waals surface area contributed by atoms with E-state index in [1.54, 1.807) is 12.1 Å². The first kappa shape index (κ1) is 21.0. The molecule has 1 aliphatic carbocycles. The summed E-state index contributed by atoms with van der Waals surface area (Å²) in [6, 6.07) is 6.40. The first-order chi connectivity index (χ1) is 13.3. The van der Waals surface area contributed by atoms with Gasteiger partial charge in [-0.3, -0.25) is 9.59 Å². The number of nitrogens with zero attached hydrogens (tertiary/aromatic N) is 2. The van der Waals surface area contributed by atoms with E-state index in [1.165, 1.54) is 42.6 Å². The summed E-state index contributed by atoms with van der Waals surface area (Å²) in [6.07, 6.45) is 6.88. The zero-order chi connectivity index (χ0) is 20.3. The molecule has 1 amide bonds. The molecule has 1 aromatic rings. The van der Waals surface area contributed by atoms with E-state index in [2.05, 4.69) is 0 Å². The topological polar surface area (TPSA) is 74.8 Å². The van der Waals surface area contributed by atoms with Gasteiger partial charge in [-0.2, -0.15) is 4.31 Å². The fourth-order valence-corrected chi connectivity index (χ4v) is 5.76. The number of amides is 1. The molecule has 6 nitrogen and oxygen atoms in total. The van der Waals surface area contributed by atoms with Gasteiger partial charge in [-0.05, 0) is 44.7 Å². The fourth-order valence-electron chi connectivity index (χ4n) is 4.29. The van der Waals surface area contributed by atoms with Crippen LogP contribution in [0.3, 0.4) is 0 Å². The van der Waals surface area contributed by atoms with E-state index in [0.717, 1.165) is 12.8 Å². The lowest BCUT2D eigenvalue weighted by Gasteiger charge is -2.36. The van der Waals surface area contributed by atoms with Crippen molar-refractivity contribution in [2.75, 3.05) is 20.1 Å². The van der Waals surface area contributed by atoms with Gasteiger partial charge in [-0.25, -0.2) is 8.42 Å². The van der Waals surface area contributed by atoms with Crippen LogP contribution in [-0.4, -0.2) is 55.5 Å². The van der Waals surface area contributed by atoms with E-state index < -0.39 is 10.0 Å². The molecule has 0 bridgehead atoms. The molecule has 0 unspecified atom stereocenters. The molecule has 0 aromatic heterocycles. The molecule has 2 fully saturated rings. The van der Waals surface area contributed by atoms with Crippen LogP contribution in [-0.2, 0) is 14.8 Å². The third-order valence-electron chi connectivity index (χ3n) is 6.17. The van der Waals surface area contributed by atoms with E-state index in [0.29, 0.717) is 37.5 Å². The zero-order valence-electron chi connectivity index (χ0n) is 16.8. The average Bonchev–Trinajstić information content (AvgIpc) is 2.73. The number of hydrogen-bond donors (Lipinski definition) is 0. The SMILES string of the molecule is CC(=O)c1ccc(S(=O)(=O)N2CCC(C(=O)N(C)C3CCCCC3)CC2)cc1. The number of sulfonamides is 1. The highest BCUT2D eigenvalue weighted by Gasteiger charge is 2.34. The Morgan fingerprint density at radius 1 is 0.964 bits per heavy atom. The first-order valence-electron chi connectivity index (χ1n) is 10.2. The Balaban J connectivity index is 1.60. The summed E-state index contributed by atoms with van der Waals surface area (Å²) in [7, 11) is -1.70. The highest BCUT2D eigenvalue weighted by molar-refractivity contribution is 7.89. The summed E-state index contributed by atoms with van der Waals surface area (Å²) in [5.74, 6) is -0.0291. The summed E-state index contributed by atoms with van der Waals surface area (Å²) in [5, 5.41) is 0. The second kappa shape index (κ2) is 8.74. The van der Waals surface area contributed by atoms with Crippen LogP contribution in [0.4, 0.5) is 0 Å². The molecule has 7 heteroatoms. The van der Waals surface area contributed by atoms with Gasteiger partial charge in [0.2, 0.25) is 15.9 Å². The normalized spacial score (nSPS) is 20.1. The molecular formula is C21H30N2O4S. The molecule has 1 heterocycles. The van der Waals surface area contributed by atoms with Gasteiger partial charge in [0.1, 0.15) is 0 Å². The molecule has 1 aromatic carbocycles. The van der Waals surface area contributed by atoms with E-state index in [-0.39, 0.29) is 22.5 Å². The maximum absolute atomic E-state index is 12.9. The number of rotatable bonds is 5. The summed E-state index contributed by atoms with van der Waals surface area (Å²) in [4.78, 5) is 26.3. The van der Waals surface area contributed by atoms with Gasteiger partial charge in [-0.1, -0.05) is 31.4 Å².